The molecule has 5 aromatic rings. The van der Waals surface area contributed by atoms with Crippen LogP contribution in [-0.4, -0.2) is 47.1 Å². The molecule has 0 unspecified atom stereocenters. The number of benzene rings is 1. The molecule has 0 aliphatic rings. The van der Waals surface area contributed by atoms with E-state index in [0.717, 1.165) is 33.7 Å². The van der Waals surface area contributed by atoms with Gasteiger partial charge in [0.15, 0.2) is 5.65 Å². The second-order valence-corrected chi connectivity index (χ2v) is 8.39. The number of hydrogen-bond acceptors (Lipinski definition) is 6. The highest BCUT2D eigenvalue weighted by molar-refractivity contribution is 5.99. The third-order valence-corrected chi connectivity index (χ3v) is 5.76. The van der Waals surface area contributed by atoms with Gasteiger partial charge in [-0.2, -0.15) is 10.2 Å². The number of aryl methyl sites for hydroxylation is 1. The first-order chi connectivity index (χ1) is 16.4. The van der Waals surface area contributed by atoms with Crippen molar-refractivity contribution in [3.05, 3.63) is 66.6 Å². The highest BCUT2D eigenvalue weighted by Gasteiger charge is 2.21. The SMILES string of the molecule is CNc1cc(-n2nc(C(C)C)c3c(-n4cnc(-c5cnn(C)c5)c4)ccnc32)ccc1C(N)=O. The minimum absolute atomic E-state index is 0.154. The van der Waals surface area contributed by atoms with Crippen LogP contribution in [0.5, 0.6) is 0 Å². The molecule has 0 fully saturated rings. The first kappa shape index (κ1) is 21.4. The van der Waals surface area contributed by atoms with Crippen molar-refractivity contribution in [1.29, 1.82) is 0 Å². The highest BCUT2D eigenvalue weighted by atomic mass is 16.1. The molecule has 4 heterocycles. The molecule has 0 saturated heterocycles. The maximum Gasteiger partial charge on any atom is 0.250 e. The van der Waals surface area contributed by atoms with Crippen LogP contribution < -0.4 is 11.1 Å². The Morgan fingerprint density at radius 3 is 2.65 bits per heavy atom. The number of nitrogens with one attached hydrogen (secondary N) is 1. The fraction of sp³-hybridized carbons (Fsp3) is 0.208. The van der Waals surface area contributed by atoms with Gasteiger partial charge >= 0.3 is 0 Å². The van der Waals surface area contributed by atoms with Gasteiger partial charge in [0.2, 0.25) is 0 Å². The van der Waals surface area contributed by atoms with Crippen molar-refractivity contribution >= 4 is 22.6 Å². The number of carbonyl (C=O) groups is 1. The molecule has 3 N–H and O–H groups in total. The predicted molar refractivity (Wildman–Crippen MR) is 130 cm³/mol. The van der Waals surface area contributed by atoms with Gasteiger partial charge in [-0.25, -0.2) is 14.6 Å². The molecule has 0 saturated carbocycles. The zero-order valence-electron chi connectivity index (χ0n) is 19.4. The van der Waals surface area contributed by atoms with Crippen molar-refractivity contribution in [2.45, 2.75) is 19.8 Å². The van der Waals surface area contributed by atoms with Gasteiger partial charge in [-0.1, -0.05) is 13.8 Å². The maximum atomic E-state index is 11.8. The molecule has 5 rings (SSSR count). The molecule has 0 aliphatic carbocycles. The molecule has 0 spiro atoms. The summed E-state index contributed by atoms with van der Waals surface area (Å²) in [6.45, 7) is 4.21. The number of anilines is 1. The lowest BCUT2D eigenvalue weighted by atomic mass is 10.1. The molecule has 0 radical (unpaired) electrons. The third kappa shape index (κ3) is 3.49. The lowest BCUT2D eigenvalue weighted by Crippen LogP contribution is -2.14. The van der Waals surface area contributed by atoms with Gasteiger partial charge in [-0.3, -0.25) is 9.48 Å². The van der Waals surface area contributed by atoms with Crippen molar-refractivity contribution in [3.8, 4) is 22.6 Å². The number of fused-ring (bicyclic) bond motifs is 1. The van der Waals surface area contributed by atoms with Crippen LogP contribution in [0.3, 0.4) is 0 Å². The van der Waals surface area contributed by atoms with Crippen LogP contribution in [0.25, 0.3) is 33.7 Å². The quantitative estimate of drug-likeness (QED) is 0.405. The normalized spacial score (nSPS) is 11.4. The Kier molecular flexibility index (Phi) is 5.12. The Morgan fingerprint density at radius 2 is 1.97 bits per heavy atom. The summed E-state index contributed by atoms with van der Waals surface area (Å²) in [5.41, 5.74) is 11.7. The fourth-order valence-electron chi connectivity index (χ4n) is 4.09. The number of nitrogens with zero attached hydrogens (tertiary/aromatic N) is 7. The number of nitrogens with two attached hydrogens (primary N) is 1. The van der Waals surface area contributed by atoms with Gasteiger partial charge in [0.25, 0.3) is 5.91 Å². The first-order valence-electron chi connectivity index (χ1n) is 10.9. The van der Waals surface area contributed by atoms with Crippen LogP contribution in [0.4, 0.5) is 5.69 Å². The average molecular weight is 456 g/mol. The molecular weight excluding hydrogens is 430 g/mol. The molecular formula is C24H25N9O. The molecule has 10 nitrogen and oxygen atoms in total. The van der Waals surface area contributed by atoms with Crippen molar-refractivity contribution in [2.75, 3.05) is 12.4 Å². The van der Waals surface area contributed by atoms with E-state index in [1.165, 1.54) is 0 Å². The molecule has 0 aliphatic heterocycles. The van der Waals surface area contributed by atoms with E-state index in [4.69, 9.17) is 10.8 Å². The molecule has 1 amide bonds. The lowest BCUT2D eigenvalue weighted by molar-refractivity contribution is 0.100. The Bertz CT molecular complexity index is 1520. The topological polar surface area (TPSA) is 121 Å². The summed E-state index contributed by atoms with van der Waals surface area (Å²) in [6, 6.07) is 7.34. The fourth-order valence-corrected chi connectivity index (χ4v) is 4.09. The average Bonchev–Trinajstić information content (AvgIpc) is 3.56. The summed E-state index contributed by atoms with van der Waals surface area (Å²) in [5.74, 6) is -0.337. The minimum Gasteiger partial charge on any atom is -0.387 e. The van der Waals surface area contributed by atoms with Gasteiger partial charge in [-0.05, 0) is 30.2 Å². The molecule has 0 atom stereocenters. The maximum absolute atomic E-state index is 11.8. The van der Waals surface area contributed by atoms with Gasteiger partial charge in [0, 0.05) is 43.9 Å². The van der Waals surface area contributed by atoms with Crippen LogP contribution in [0.2, 0.25) is 0 Å². The van der Waals surface area contributed by atoms with E-state index in [9.17, 15) is 4.79 Å². The third-order valence-electron chi connectivity index (χ3n) is 5.76. The van der Waals surface area contributed by atoms with Crippen molar-refractivity contribution in [3.63, 3.8) is 0 Å². The van der Waals surface area contributed by atoms with Crippen molar-refractivity contribution in [1.82, 2.24) is 34.1 Å². The minimum atomic E-state index is -0.492. The Labute approximate surface area is 196 Å². The molecule has 10 heteroatoms. The number of aromatic nitrogens is 7. The summed E-state index contributed by atoms with van der Waals surface area (Å²) in [5, 5.41) is 13.1. The standard InChI is InChI=1S/C24H25N9O/c1-14(2)22-21-20(32-12-19(28-13-32)15-10-29-31(4)11-15)7-8-27-24(21)33(30-22)16-5-6-17(23(25)34)18(9-16)26-3/h5-14,26H,1-4H3,(H2,25,34). The number of imidazole rings is 1. The van der Waals surface area contributed by atoms with Gasteiger partial charge in [-0.15, -0.1) is 0 Å². The number of primary amides is 1. The van der Waals surface area contributed by atoms with Crippen molar-refractivity contribution < 1.29 is 4.79 Å². The summed E-state index contributed by atoms with van der Waals surface area (Å²) < 4.78 is 5.54. The Morgan fingerprint density at radius 1 is 1.15 bits per heavy atom. The monoisotopic (exact) mass is 455 g/mol. The summed E-state index contributed by atoms with van der Waals surface area (Å²) in [4.78, 5) is 21.0. The molecule has 4 aromatic heterocycles. The zero-order chi connectivity index (χ0) is 24.0. The molecule has 34 heavy (non-hydrogen) atoms. The Balaban J connectivity index is 1.69. The van der Waals surface area contributed by atoms with E-state index in [0.29, 0.717) is 16.9 Å². The van der Waals surface area contributed by atoms with Gasteiger partial charge < -0.3 is 15.6 Å². The molecule has 172 valence electrons. The Hall–Kier alpha value is -4.47. The van der Waals surface area contributed by atoms with Crippen LogP contribution in [0, 0.1) is 0 Å². The largest absolute Gasteiger partial charge is 0.387 e. The van der Waals surface area contributed by atoms with Crippen LogP contribution in [0.1, 0.15) is 35.8 Å². The lowest BCUT2D eigenvalue weighted by Gasteiger charge is -2.10. The zero-order valence-corrected chi connectivity index (χ0v) is 19.4. The van der Waals surface area contributed by atoms with E-state index in [2.05, 4.69) is 34.2 Å². The van der Waals surface area contributed by atoms with E-state index < -0.39 is 5.91 Å². The van der Waals surface area contributed by atoms with Crippen LogP contribution in [0.15, 0.2) is 55.4 Å². The number of pyridine rings is 1. The smallest absolute Gasteiger partial charge is 0.250 e. The van der Waals surface area contributed by atoms with Gasteiger partial charge in [0.05, 0.1) is 46.2 Å². The first-order valence-corrected chi connectivity index (χ1v) is 10.9. The van der Waals surface area contributed by atoms with Crippen LogP contribution >= 0.6 is 0 Å². The summed E-state index contributed by atoms with van der Waals surface area (Å²) >= 11 is 0. The number of rotatable bonds is 6. The van der Waals surface area contributed by atoms with Crippen LogP contribution in [-0.2, 0) is 7.05 Å². The number of hydrogen-bond donors (Lipinski definition) is 2. The summed E-state index contributed by atoms with van der Waals surface area (Å²) in [7, 11) is 3.63. The van der Waals surface area contributed by atoms with E-state index in [-0.39, 0.29) is 5.92 Å². The molecule has 0 bridgehead atoms. The number of carbonyl (C=O) groups excluding carboxylic acids is 1. The second-order valence-electron chi connectivity index (χ2n) is 8.39. The number of amides is 1. The van der Waals surface area contributed by atoms with E-state index >= 15 is 0 Å². The highest BCUT2D eigenvalue weighted by Crippen LogP contribution is 2.32. The second kappa shape index (κ2) is 8.14. The van der Waals surface area contributed by atoms with E-state index in [1.54, 1.807) is 41.2 Å². The molecule has 1 aromatic carbocycles. The van der Waals surface area contributed by atoms with E-state index in [1.807, 2.05) is 42.2 Å². The summed E-state index contributed by atoms with van der Waals surface area (Å²) in [6.07, 6.45) is 9.26. The van der Waals surface area contributed by atoms with Crippen molar-refractivity contribution in [2.24, 2.45) is 12.8 Å². The van der Waals surface area contributed by atoms with Gasteiger partial charge in [0.1, 0.15) is 0 Å². The predicted octanol–water partition coefficient (Wildman–Crippen LogP) is 3.27.